The molecule has 0 unspecified atom stereocenters. The summed E-state index contributed by atoms with van der Waals surface area (Å²) >= 11 is 0. The number of unbranched alkanes of at least 4 members (excludes halogenated alkanes) is 2. The zero-order chi connectivity index (χ0) is 18.1. The molecule has 0 bridgehead atoms. The molecule has 0 amide bonds. The topological polar surface area (TPSA) is 68.6 Å². The second-order valence-corrected chi connectivity index (χ2v) is 7.58. The van der Waals surface area contributed by atoms with Crippen molar-refractivity contribution >= 4 is 5.97 Å². The van der Waals surface area contributed by atoms with Crippen LogP contribution in [0.4, 0.5) is 0 Å². The number of hydrogen-bond acceptors (Lipinski definition) is 5. The Kier molecular flexibility index (Phi) is 8.18. The fraction of sp³-hybridized carbons (Fsp3) is 0.900. The van der Waals surface area contributed by atoms with Gasteiger partial charge in [0.05, 0.1) is 19.3 Å². The van der Waals surface area contributed by atoms with Crippen LogP contribution in [0.25, 0.3) is 0 Å². The molecule has 0 atom stereocenters. The van der Waals surface area contributed by atoms with Gasteiger partial charge in [0, 0.05) is 0 Å². The van der Waals surface area contributed by atoms with Gasteiger partial charge in [-0.1, -0.05) is 39.5 Å². The van der Waals surface area contributed by atoms with Crippen molar-refractivity contribution in [3.05, 3.63) is 0 Å². The molecule has 0 aromatic rings. The molecule has 1 saturated carbocycles. The Morgan fingerprint density at radius 2 is 1.68 bits per heavy atom. The lowest BCUT2D eigenvalue weighted by Crippen LogP contribution is -2.48. The summed E-state index contributed by atoms with van der Waals surface area (Å²) < 4.78 is 16.9. The summed E-state index contributed by atoms with van der Waals surface area (Å²) in [6, 6.07) is 2.10. The van der Waals surface area contributed by atoms with Gasteiger partial charge >= 0.3 is 5.97 Å². The molecule has 0 N–H and O–H groups in total. The number of carbonyl (C=O) groups is 1. The quantitative estimate of drug-likeness (QED) is 0.608. The van der Waals surface area contributed by atoms with E-state index in [0.29, 0.717) is 0 Å². The molecule has 25 heavy (non-hydrogen) atoms. The molecule has 0 aromatic carbocycles. The van der Waals surface area contributed by atoms with E-state index in [1.165, 1.54) is 19.3 Å². The van der Waals surface area contributed by atoms with Crippen LogP contribution in [0.5, 0.6) is 0 Å². The summed E-state index contributed by atoms with van der Waals surface area (Å²) in [4.78, 5) is 12.6. The third-order valence-corrected chi connectivity index (χ3v) is 5.46. The van der Waals surface area contributed by atoms with Crippen LogP contribution in [0.15, 0.2) is 0 Å². The second-order valence-electron chi connectivity index (χ2n) is 7.58. The molecule has 5 nitrogen and oxygen atoms in total. The predicted octanol–water partition coefficient (Wildman–Crippen LogP) is 4.35. The van der Waals surface area contributed by atoms with Gasteiger partial charge < -0.3 is 14.2 Å². The summed E-state index contributed by atoms with van der Waals surface area (Å²) in [6.07, 6.45) is 10.3. The van der Waals surface area contributed by atoms with E-state index in [4.69, 9.17) is 14.2 Å². The van der Waals surface area contributed by atoms with E-state index >= 15 is 0 Å². The maximum Gasteiger partial charge on any atom is 0.331 e. The maximum absolute atomic E-state index is 12.6. The van der Waals surface area contributed by atoms with Crippen LogP contribution < -0.4 is 0 Å². The molecule has 1 aliphatic heterocycles. The Morgan fingerprint density at radius 1 is 1.08 bits per heavy atom. The summed E-state index contributed by atoms with van der Waals surface area (Å²) in [7, 11) is 0. The zero-order valence-electron chi connectivity index (χ0n) is 15.8. The van der Waals surface area contributed by atoms with E-state index in [1.807, 2.05) is 0 Å². The first kappa shape index (κ1) is 20.2. The molecular weight excluding hydrogens is 318 g/mol. The molecule has 2 rings (SSSR count). The van der Waals surface area contributed by atoms with Gasteiger partial charge in [-0.3, -0.25) is 4.79 Å². The van der Waals surface area contributed by atoms with Crippen molar-refractivity contribution in [1.82, 2.24) is 0 Å². The van der Waals surface area contributed by atoms with Gasteiger partial charge in [0.2, 0.25) is 5.41 Å². The van der Waals surface area contributed by atoms with Gasteiger partial charge in [0.1, 0.15) is 6.10 Å². The van der Waals surface area contributed by atoms with Crippen LogP contribution >= 0.6 is 0 Å². The molecule has 0 spiro atoms. The van der Waals surface area contributed by atoms with E-state index in [2.05, 4.69) is 19.9 Å². The van der Waals surface area contributed by atoms with Crippen molar-refractivity contribution in [3.8, 4) is 6.07 Å². The fourth-order valence-corrected chi connectivity index (χ4v) is 3.62. The molecule has 2 fully saturated rings. The smallest absolute Gasteiger partial charge is 0.331 e. The standard InChI is InChI=1S/C20H33NO4/c1-3-5-7-16-9-11-17(12-10-16)25-19(22)20(13-21)14-23-18(24-15-20)8-6-4-2/h16-18H,3-12,14-15H2,1-2H3. The van der Waals surface area contributed by atoms with Crippen molar-refractivity contribution in [2.24, 2.45) is 11.3 Å². The average molecular weight is 351 g/mol. The number of ether oxygens (including phenoxy) is 3. The first-order chi connectivity index (χ1) is 12.1. The number of nitrogens with zero attached hydrogens (tertiary/aromatic N) is 1. The lowest BCUT2D eigenvalue weighted by atomic mass is 9.84. The second kappa shape index (κ2) is 10.1. The molecule has 1 aliphatic carbocycles. The third-order valence-electron chi connectivity index (χ3n) is 5.46. The lowest BCUT2D eigenvalue weighted by Gasteiger charge is -2.35. The van der Waals surface area contributed by atoms with Crippen LogP contribution in [0.3, 0.4) is 0 Å². The maximum atomic E-state index is 12.6. The Morgan fingerprint density at radius 3 is 2.24 bits per heavy atom. The predicted molar refractivity (Wildman–Crippen MR) is 94.6 cm³/mol. The average Bonchev–Trinajstić information content (AvgIpc) is 2.66. The first-order valence-electron chi connectivity index (χ1n) is 9.99. The Balaban J connectivity index is 1.78. The lowest BCUT2D eigenvalue weighted by molar-refractivity contribution is -0.228. The van der Waals surface area contributed by atoms with E-state index in [-0.39, 0.29) is 25.6 Å². The summed E-state index contributed by atoms with van der Waals surface area (Å²) in [5, 5.41) is 9.53. The summed E-state index contributed by atoms with van der Waals surface area (Å²) in [5.74, 6) is 0.293. The minimum Gasteiger partial charge on any atom is -0.461 e. The highest BCUT2D eigenvalue weighted by molar-refractivity contribution is 5.80. The number of nitriles is 1. The fourth-order valence-electron chi connectivity index (χ4n) is 3.62. The van der Waals surface area contributed by atoms with Crippen molar-refractivity contribution in [2.45, 2.75) is 90.4 Å². The largest absolute Gasteiger partial charge is 0.461 e. The van der Waals surface area contributed by atoms with Gasteiger partial charge in [-0.25, -0.2) is 0 Å². The van der Waals surface area contributed by atoms with Crippen molar-refractivity contribution < 1.29 is 19.0 Å². The molecule has 0 radical (unpaired) electrons. The van der Waals surface area contributed by atoms with Crippen LogP contribution in [-0.4, -0.2) is 31.6 Å². The van der Waals surface area contributed by atoms with E-state index in [9.17, 15) is 10.1 Å². The van der Waals surface area contributed by atoms with Crippen molar-refractivity contribution in [1.29, 1.82) is 5.26 Å². The number of esters is 1. The number of carbonyl (C=O) groups excluding carboxylic acids is 1. The molecule has 5 heteroatoms. The van der Waals surface area contributed by atoms with Gasteiger partial charge in [0.15, 0.2) is 6.29 Å². The zero-order valence-corrected chi connectivity index (χ0v) is 15.8. The SMILES string of the molecule is CCCCC1CCC(OC(=O)C2(C#N)COC(CCCC)OC2)CC1. The summed E-state index contributed by atoms with van der Waals surface area (Å²) in [5.41, 5.74) is -1.30. The Labute approximate surface area is 152 Å². The van der Waals surface area contributed by atoms with E-state index in [0.717, 1.165) is 50.9 Å². The number of rotatable bonds is 8. The van der Waals surface area contributed by atoms with E-state index < -0.39 is 11.4 Å². The normalized spacial score (nSPS) is 32.8. The minimum atomic E-state index is -1.30. The minimum absolute atomic E-state index is 0.0617. The van der Waals surface area contributed by atoms with Gasteiger partial charge in [0.25, 0.3) is 0 Å². The molecule has 142 valence electrons. The molecular formula is C20H33NO4. The third kappa shape index (κ3) is 5.69. The Bertz CT molecular complexity index is 443. The van der Waals surface area contributed by atoms with Crippen molar-refractivity contribution in [2.75, 3.05) is 13.2 Å². The highest BCUT2D eigenvalue weighted by Crippen LogP contribution is 2.33. The van der Waals surface area contributed by atoms with Gasteiger partial charge in [-0.05, 0) is 44.4 Å². The van der Waals surface area contributed by atoms with Crippen molar-refractivity contribution in [3.63, 3.8) is 0 Å². The van der Waals surface area contributed by atoms with Crippen LogP contribution in [0.1, 0.15) is 78.1 Å². The highest BCUT2D eigenvalue weighted by Gasteiger charge is 2.46. The monoisotopic (exact) mass is 351 g/mol. The summed E-state index contributed by atoms with van der Waals surface area (Å²) in [6.45, 7) is 4.47. The van der Waals surface area contributed by atoms with Crippen LogP contribution in [0, 0.1) is 22.7 Å². The molecule has 1 saturated heterocycles. The van der Waals surface area contributed by atoms with Gasteiger partial charge in [-0.2, -0.15) is 5.26 Å². The molecule has 2 aliphatic rings. The highest BCUT2D eigenvalue weighted by atomic mass is 16.7. The molecule has 0 aromatic heterocycles. The van der Waals surface area contributed by atoms with Gasteiger partial charge in [-0.15, -0.1) is 0 Å². The number of hydrogen-bond donors (Lipinski definition) is 0. The van der Waals surface area contributed by atoms with Crippen LogP contribution in [-0.2, 0) is 19.0 Å². The molecule has 1 heterocycles. The van der Waals surface area contributed by atoms with Crippen LogP contribution in [0.2, 0.25) is 0 Å². The first-order valence-corrected chi connectivity index (χ1v) is 9.99. The Hall–Kier alpha value is -1.12. The van der Waals surface area contributed by atoms with E-state index in [1.54, 1.807) is 0 Å².